The van der Waals surface area contributed by atoms with E-state index in [0.717, 1.165) is 0 Å². The average molecular weight is 308 g/mol. The molecule has 0 radical (unpaired) electrons. The van der Waals surface area contributed by atoms with E-state index in [0.29, 0.717) is 24.6 Å². The standard InChI is InChI=1S/C16H24N2O4/c1-16(2,3)15(20)18-13-7-5-6-12(10-13)17-14(19)11-22-9-8-21-4/h5-7,10H,8-9,11H2,1-4H3,(H,17,19)(H,18,20). The first-order chi connectivity index (χ1) is 10.3. The van der Waals surface area contributed by atoms with Crippen molar-refractivity contribution in [3.05, 3.63) is 24.3 Å². The highest BCUT2D eigenvalue weighted by atomic mass is 16.5. The van der Waals surface area contributed by atoms with Crippen molar-refractivity contribution in [1.29, 1.82) is 0 Å². The summed E-state index contributed by atoms with van der Waals surface area (Å²) >= 11 is 0. The molecule has 0 unspecified atom stereocenters. The lowest BCUT2D eigenvalue weighted by atomic mass is 9.95. The average Bonchev–Trinajstić information content (AvgIpc) is 2.43. The molecule has 22 heavy (non-hydrogen) atoms. The van der Waals surface area contributed by atoms with Crippen LogP contribution in [-0.2, 0) is 19.1 Å². The van der Waals surface area contributed by atoms with Crippen LogP contribution in [0.4, 0.5) is 11.4 Å². The van der Waals surface area contributed by atoms with Gasteiger partial charge in [0, 0.05) is 23.9 Å². The van der Waals surface area contributed by atoms with Crippen LogP contribution in [0.15, 0.2) is 24.3 Å². The Morgan fingerprint density at radius 3 is 2.32 bits per heavy atom. The molecule has 6 heteroatoms. The number of nitrogens with one attached hydrogen (secondary N) is 2. The number of anilines is 2. The molecular formula is C16H24N2O4. The van der Waals surface area contributed by atoms with Gasteiger partial charge in [-0.25, -0.2) is 0 Å². The van der Waals surface area contributed by atoms with Crippen molar-refractivity contribution < 1.29 is 19.1 Å². The van der Waals surface area contributed by atoms with Gasteiger partial charge in [-0.3, -0.25) is 9.59 Å². The molecule has 6 nitrogen and oxygen atoms in total. The van der Waals surface area contributed by atoms with Crippen molar-refractivity contribution >= 4 is 23.2 Å². The minimum absolute atomic E-state index is 0.0397. The summed E-state index contributed by atoms with van der Waals surface area (Å²) in [6.07, 6.45) is 0. The highest BCUT2D eigenvalue weighted by molar-refractivity contribution is 5.96. The maximum Gasteiger partial charge on any atom is 0.250 e. The number of rotatable bonds is 7. The highest BCUT2D eigenvalue weighted by Crippen LogP contribution is 2.19. The van der Waals surface area contributed by atoms with Gasteiger partial charge < -0.3 is 20.1 Å². The van der Waals surface area contributed by atoms with Gasteiger partial charge >= 0.3 is 0 Å². The third-order valence-corrected chi connectivity index (χ3v) is 2.75. The van der Waals surface area contributed by atoms with E-state index in [1.807, 2.05) is 20.8 Å². The van der Waals surface area contributed by atoms with Gasteiger partial charge in [-0.05, 0) is 18.2 Å². The van der Waals surface area contributed by atoms with Gasteiger partial charge in [-0.15, -0.1) is 0 Å². The number of carbonyl (C=O) groups excluding carboxylic acids is 2. The molecule has 0 saturated heterocycles. The van der Waals surface area contributed by atoms with Crippen molar-refractivity contribution in [1.82, 2.24) is 0 Å². The minimum atomic E-state index is -0.478. The van der Waals surface area contributed by atoms with Gasteiger partial charge in [0.2, 0.25) is 11.8 Å². The Morgan fingerprint density at radius 2 is 1.73 bits per heavy atom. The van der Waals surface area contributed by atoms with Crippen LogP contribution in [0.1, 0.15) is 20.8 Å². The van der Waals surface area contributed by atoms with Crippen LogP contribution < -0.4 is 10.6 Å². The van der Waals surface area contributed by atoms with Crippen LogP contribution in [0.2, 0.25) is 0 Å². The first-order valence-corrected chi connectivity index (χ1v) is 7.11. The Balaban J connectivity index is 2.53. The number of benzene rings is 1. The lowest BCUT2D eigenvalue weighted by molar-refractivity contribution is -0.123. The van der Waals surface area contributed by atoms with Gasteiger partial charge in [0.05, 0.1) is 13.2 Å². The van der Waals surface area contributed by atoms with Gasteiger partial charge in [0.25, 0.3) is 0 Å². The summed E-state index contributed by atoms with van der Waals surface area (Å²) in [6, 6.07) is 6.99. The van der Waals surface area contributed by atoms with E-state index in [2.05, 4.69) is 10.6 Å². The summed E-state index contributed by atoms with van der Waals surface area (Å²) in [5.74, 6) is -0.339. The molecule has 0 aromatic heterocycles. The van der Waals surface area contributed by atoms with Crippen LogP contribution in [-0.4, -0.2) is 38.7 Å². The maximum absolute atomic E-state index is 11.9. The van der Waals surface area contributed by atoms with Crippen LogP contribution >= 0.6 is 0 Å². The summed E-state index contributed by atoms with van der Waals surface area (Å²) in [7, 11) is 1.57. The van der Waals surface area contributed by atoms with Crippen molar-refractivity contribution in [3.8, 4) is 0 Å². The molecule has 122 valence electrons. The molecule has 0 atom stereocenters. The van der Waals surface area contributed by atoms with Crippen LogP contribution in [0.3, 0.4) is 0 Å². The summed E-state index contributed by atoms with van der Waals surface area (Å²) in [5.41, 5.74) is 0.763. The van der Waals surface area contributed by atoms with Crippen molar-refractivity contribution in [2.75, 3.05) is 37.6 Å². The van der Waals surface area contributed by atoms with Crippen molar-refractivity contribution in [3.63, 3.8) is 0 Å². The topological polar surface area (TPSA) is 76.7 Å². The molecule has 0 aliphatic rings. The van der Waals surface area contributed by atoms with Crippen molar-refractivity contribution in [2.24, 2.45) is 5.41 Å². The van der Waals surface area contributed by atoms with E-state index >= 15 is 0 Å². The molecule has 0 saturated carbocycles. The van der Waals surface area contributed by atoms with Gasteiger partial charge in [0.1, 0.15) is 6.61 Å². The number of ether oxygens (including phenoxy) is 2. The Kier molecular flexibility index (Phi) is 7.01. The molecular weight excluding hydrogens is 284 g/mol. The second-order valence-corrected chi connectivity index (χ2v) is 5.88. The lowest BCUT2D eigenvalue weighted by Crippen LogP contribution is -2.27. The molecule has 1 aromatic rings. The summed E-state index contributed by atoms with van der Waals surface area (Å²) in [4.78, 5) is 23.6. The zero-order chi connectivity index (χ0) is 16.6. The second kappa shape index (κ2) is 8.51. The predicted octanol–water partition coefficient (Wildman–Crippen LogP) is 2.27. The fourth-order valence-electron chi connectivity index (χ4n) is 1.50. The van der Waals surface area contributed by atoms with E-state index in [9.17, 15) is 9.59 Å². The van der Waals surface area contributed by atoms with E-state index in [1.54, 1.807) is 31.4 Å². The SMILES string of the molecule is COCCOCC(=O)Nc1cccc(NC(=O)C(C)(C)C)c1. The highest BCUT2D eigenvalue weighted by Gasteiger charge is 2.21. The molecule has 0 aliphatic carbocycles. The molecule has 1 aromatic carbocycles. The molecule has 2 amide bonds. The Labute approximate surface area is 131 Å². The minimum Gasteiger partial charge on any atom is -0.382 e. The van der Waals surface area contributed by atoms with Crippen molar-refractivity contribution in [2.45, 2.75) is 20.8 Å². The Hall–Kier alpha value is -1.92. The third kappa shape index (κ3) is 6.69. The summed E-state index contributed by atoms with van der Waals surface area (Å²) < 4.78 is 9.97. The smallest absolute Gasteiger partial charge is 0.250 e. The second-order valence-electron chi connectivity index (χ2n) is 5.88. The largest absolute Gasteiger partial charge is 0.382 e. The molecule has 0 aliphatic heterocycles. The van der Waals surface area contributed by atoms with Crippen LogP contribution in [0.5, 0.6) is 0 Å². The Bertz CT molecular complexity index is 509. The number of carbonyl (C=O) groups is 2. The number of hydrogen-bond acceptors (Lipinski definition) is 4. The van der Waals surface area contributed by atoms with Crippen LogP contribution in [0.25, 0.3) is 0 Å². The summed E-state index contributed by atoms with van der Waals surface area (Å²) in [5, 5.41) is 5.53. The fourth-order valence-corrected chi connectivity index (χ4v) is 1.50. The number of hydrogen-bond donors (Lipinski definition) is 2. The number of methoxy groups -OCH3 is 1. The third-order valence-electron chi connectivity index (χ3n) is 2.75. The quantitative estimate of drug-likeness (QED) is 0.758. The van der Waals surface area contributed by atoms with E-state index < -0.39 is 5.41 Å². The zero-order valence-electron chi connectivity index (χ0n) is 13.6. The molecule has 0 heterocycles. The number of amides is 2. The van der Waals surface area contributed by atoms with Gasteiger partial charge in [-0.1, -0.05) is 26.8 Å². The maximum atomic E-state index is 11.9. The van der Waals surface area contributed by atoms with Crippen LogP contribution in [0, 0.1) is 5.41 Å². The van der Waals surface area contributed by atoms with E-state index in [4.69, 9.17) is 9.47 Å². The van der Waals surface area contributed by atoms with Gasteiger partial charge in [-0.2, -0.15) is 0 Å². The molecule has 1 rings (SSSR count). The fraction of sp³-hybridized carbons (Fsp3) is 0.500. The zero-order valence-corrected chi connectivity index (χ0v) is 13.6. The monoisotopic (exact) mass is 308 g/mol. The first-order valence-electron chi connectivity index (χ1n) is 7.11. The molecule has 0 bridgehead atoms. The molecule has 0 spiro atoms. The predicted molar refractivity (Wildman–Crippen MR) is 85.9 cm³/mol. The van der Waals surface area contributed by atoms with E-state index in [-0.39, 0.29) is 18.4 Å². The summed E-state index contributed by atoms with van der Waals surface area (Å²) in [6.45, 7) is 6.29. The first kappa shape index (κ1) is 18.1. The molecule has 2 N–H and O–H groups in total. The molecule has 0 fully saturated rings. The van der Waals surface area contributed by atoms with Gasteiger partial charge in [0.15, 0.2) is 0 Å². The Morgan fingerprint density at radius 1 is 1.09 bits per heavy atom. The lowest BCUT2D eigenvalue weighted by Gasteiger charge is -2.18. The van der Waals surface area contributed by atoms with E-state index in [1.165, 1.54) is 0 Å². The normalized spacial score (nSPS) is 11.1.